The average Bonchev–Trinajstić information content (AvgIpc) is 3.37. The van der Waals surface area contributed by atoms with Crippen molar-refractivity contribution in [1.82, 2.24) is 15.1 Å². The van der Waals surface area contributed by atoms with Crippen LogP contribution in [0.2, 0.25) is 0 Å². The molecule has 5 rings (SSSR count). The van der Waals surface area contributed by atoms with Gasteiger partial charge in [0, 0.05) is 42.5 Å². The minimum Gasteiger partial charge on any atom is -0.486 e. The maximum Gasteiger partial charge on any atom is 0.227 e. The second-order valence-electron chi connectivity index (χ2n) is 8.35. The van der Waals surface area contributed by atoms with E-state index >= 15 is 0 Å². The van der Waals surface area contributed by atoms with Gasteiger partial charge in [0.15, 0.2) is 11.5 Å². The Kier molecular flexibility index (Phi) is 5.50. The molecule has 1 atom stereocenters. The van der Waals surface area contributed by atoms with Gasteiger partial charge in [-0.3, -0.25) is 9.59 Å². The van der Waals surface area contributed by atoms with E-state index in [0.29, 0.717) is 37.8 Å². The molecule has 2 aliphatic rings. The van der Waals surface area contributed by atoms with Crippen molar-refractivity contribution in [3.63, 3.8) is 0 Å². The number of ether oxygens (including phenoxy) is 2. The van der Waals surface area contributed by atoms with Gasteiger partial charge in [0.05, 0.1) is 17.3 Å². The van der Waals surface area contributed by atoms with Crippen molar-refractivity contribution in [3.05, 3.63) is 65.5 Å². The number of carbonyl (C=O) groups excluding carboxylic acids is 2. The molecular weight excluding hydrogens is 420 g/mol. The molecule has 1 N–H and O–H groups in total. The number of hydrogen-bond donors (Lipinski definition) is 1. The van der Waals surface area contributed by atoms with Gasteiger partial charge in [-0.15, -0.1) is 0 Å². The van der Waals surface area contributed by atoms with Crippen LogP contribution in [0, 0.1) is 19.8 Å². The largest absolute Gasteiger partial charge is 0.486 e. The number of aromatic nitrogens is 2. The van der Waals surface area contributed by atoms with Gasteiger partial charge in [0.1, 0.15) is 13.2 Å². The molecule has 2 aliphatic heterocycles. The molecular formula is C25H26N4O4. The maximum absolute atomic E-state index is 12.9. The van der Waals surface area contributed by atoms with Crippen LogP contribution in [0.5, 0.6) is 11.5 Å². The van der Waals surface area contributed by atoms with Crippen LogP contribution < -0.4 is 19.7 Å². The number of para-hydroxylation sites is 1. The molecule has 0 spiro atoms. The lowest BCUT2D eigenvalue weighted by Crippen LogP contribution is -2.33. The summed E-state index contributed by atoms with van der Waals surface area (Å²) in [5.74, 6) is 0.690. The lowest BCUT2D eigenvalue weighted by molar-refractivity contribution is -0.126. The molecule has 0 radical (unpaired) electrons. The fourth-order valence-electron chi connectivity index (χ4n) is 4.40. The van der Waals surface area contributed by atoms with Crippen LogP contribution in [-0.2, 0) is 16.1 Å². The smallest absolute Gasteiger partial charge is 0.227 e. The van der Waals surface area contributed by atoms with Crippen molar-refractivity contribution in [1.29, 1.82) is 0 Å². The molecule has 33 heavy (non-hydrogen) atoms. The Morgan fingerprint density at radius 1 is 1.06 bits per heavy atom. The summed E-state index contributed by atoms with van der Waals surface area (Å²) in [4.78, 5) is 27.2. The number of fused-ring (bicyclic) bond motifs is 1. The third-order valence-corrected chi connectivity index (χ3v) is 6.21. The van der Waals surface area contributed by atoms with Crippen LogP contribution in [0.15, 0.2) is 48.5 Å². The second kappa shape index (κ2) is 8.61. The number of nitrogens with zero attached hydrogens (tertiary/aromatic N) is 3. The quantitative estimate of drug-likeness (QED) is 0.651. The summed E-state index contributed by atoms with van der Waals surface area (Å²) in [5.41, 5.74) is 4.54. The first kappa shape index (κ1) is 21.1. The molecule has 0 unspecified atom stereocenters. The van der Waals surface area contributed by atoms with E-state index in [-0.39, 0.29) is 18.2 Å². The van der Waals surface area contributed by atoms with E-state index in [2.05, 4.69) is 10.4 Å². The van der Waals surface area contributed by atoms with E-state index in [9.17, 15) is 9.59 Å². The molecule has 8 heteroatoms. The Balaban J connectivity index is 1.25. The van der Waals surface area contributed by atoms with Crippen molar-refractivity contribution in [2.24, 2.45) is 5.92 Å². The number of rotatable bonds is 5. The summed E-state index contributed by atoms with van der Waals surface area (Å²) in [6, 6.07) is 15.3. The van der Waals surface area contributed by atoms with Gasteiger partial charge in [-0.2, -0.15) is 5.10 Å². The standard InChI is InChI=1S/C25H26N4O4/c1-16-21(17(2)29(27-16)19-6-4-3-5-7-19)14-26-25(31)18-12-24(30)28(15-18)20-8-9-22-23(13-20)33-11-10-32-22/h3-9,13,18H,10-12,14-15H2,1-2H3,(H,26,31)/t18-/m1/s1. The molecule has 0 aliphatic carbocycles. The highest BCUT2D eigenvalue weighted by Crippen LogP contribution is 2.36. The lowest BCUT2D eigenvalue weighted by atomic mass is 10.1. The van der Waals surface area contributed by atoms with Crippen LogP contribution in [0.4, 0.5) is 5.69 Å². The van der Waals surface area contributed by atoms with Gasteiger partial charge in [-0.1, -0.05) is 18.2 Å². The first-order chi connectivity index (χ1) is 16.0. The Morgan fingerprint density at radius 3 is 2.61 bits per heavy atom. The third kappa shape index (κ3) is 4.04. The molecule has 0 saturated carbocycles. The zero-order valence-electron chi connectivity index (χ0n) is 18.7. The fourth-order valence-corrected chi connectivity index (χ4v) is 4.40. The number of nitrogens with one attached hydrogen (secondary N) is 1. The van der Waals surface area contributed by atoms with Gasteiger partial charge in [-0.25, -0.2) is 4.68 Å². The highest BCUT2D eigenvalue weighted by Gasteiger charge is 2.35. The minimum absolute atomic E-state index is 0.0731. The number of aryl methyl sites for hydroxylation is 1. The minimum atomic E-state index is -0.407. The average molecular weight is 447 g/mol. The fraction of sp³-hybridized carbons (Fsp3) is 0.320. The van der Waals surface area contributed by atoms with Crippen LogP contribution >= 0.6 is 0 Å². The maximum atomic E-state index is 12.9. The van der Waals surface area contributed by atoms with Gasteiger partial charge < -0.3 is 19.7 Å². The van der Waals surface area contributed by atoms with Crippen molar-refractivity contribution in [2.45, 2.75) is 26.8 Å². The SMILES string of the molecule is Cc1nn(-c2ccccc2)c(C)c1CNC(=O)[C@@H]1CC(=O)N(c2ccc3c(c2)OCCO3)C1. The van der Waals surface area contributed by atoms with Crippen molar-refractivity contribution in [2.75, 3.05) is 24.7 Å². The van der Waals surface area contributed by atoms with E-state index in [1.54, 1.807) is 17.0 Å². The Labute approximate surface area is 192 Å². The van der Waals surface area contributed by atoms with E-state index in [4.69, 9.17) is 9.47 Å². The van der Waals surface area contributed by atoms with Crippen molar-refractivity contribution in [3.8, 4) is 17.2 Å². The molecule has 2 amide bonds. The van der Waals surface area contributed by atoms with Crippen LogP contribution in [0.1, 0.15) is 23.4 Å². The summed E-state index contributed by atoms with van der Waals surface area (Å²) < 4.78 is 13.1. The number of anilines is 1. The van der Waals surface area contributed by atoms with Crippen LogP contribution in [0.25, 0.3) is 5.69 Å². The number of benzene rings is 2. The molecule has 3 aromatic rings. The summed E-state index contributed by atoms with van der Waals surface area (Å²) in [7, 11) is 0. The molecule has 2 aromatic carbocycles. The zero-order chi connectivity index (χ0) is 22.9. The number of amides is 2. The topological polar surface area (TPSA) is 85.7 Å². The van der Waals surface area contributed by atoms with E-state index in [1.165, 1.54) is 0 Å². The van der Waals surface area contributed by atoms with E-state index < -0.39 is 5.92 Å². The van der Waals surface area contributed by atoms with Gasteiger partial charge in [0.25, 0.3) is 0 Å². The highest BCUT2D eigenvalue weighted by molar-refractivity contribution is 6.00. The molecule has 3 heterocycles. The first-order valence-corrected chi connectivity index (χ1v) is 11.1. The summed E-state index contributed by atoms with van der Waals surface area (Å²) in [5, 5.41) is 7.65. The Morgan fingerprint density at radius 2 is 1.82 bits per heavy atom. The number of hydrogen-bond acceptors (Lipinski definition) is 5. The normalized spacial score (nSPS) is 17.3. The summed E-state index contributed by atoms with van der Waals surface area (Å²) in [6.45, 7) is 5.65. The molecule has 8 nitrogen and oxygen atoms in total. The Hall–Kier alpha value is -3.81. The van der Waals surface area contributed by atoms with Crippen molar-refractivity contribution < 1.29 is 19.1 Å². The lowest BCUT2D eigenvalue weighted by Gasteiger charge is -2.22. The predicted octanol–water partition coefficient (Wildman–Crippen LogP) is 2.93. The number of carbonyl (C=O) groups is 2. The van der Waals surface area contributed by atoms with Crippen LogP contribution in [0.3, 0.4) is 0 Å². The first-order valence-electron chi connectivity index (χ1n) is 11.1. The summed E-state index contributed by atoms with van der Waals surface area (Å²) >= 11 is 0. The van der Waals surface area contributed by atoms with Crippen molar-refractivity contribution >= 4 is 17.5 Å². The highest BCUT2D eigenvalue weighted by atomic mass is 16.6. The monoisotopic (exact) mass is 446 g/mol. The molecule has 1 fully saturated rings. The van der Waals surface area contributed by atoms with Gasteiger partial charge >= 0.3 is 0 Å². The third-order valence-electron chi connectivity index (χ3n) is 6.21. The molecule has 170 valence electrons. The molecule has 0 bridgehead atoms. The molecule has 1 aromatic heterocycles. The van der Waals surface area contributed by atoms with Gasteiger partial charge in [0.2, 0.25) is 11.8 Å². The Bertz CT molecular complexity index is 1200. The zero-order valence-corrected chi connectivity index (χ0v) is 18.7. The van der Waals surface area contributed by atoms with E-state index in [1.807, 2.05) is 54.9 Å². The predicted molar refractivity (Wildman–Crippen MR) is 123 cm³/mol. The summed E-state index contributed by atoms with van der Waals surface area (Å²) in [6.07, 6.45) is 0.182. The van der Waals surface area contributed by atoms with Crippen LogP contribution in [-0.4, -0.2) is 41.4 Å². The van der Waals surface area contributed by atoms with E-state index in [0.717, 1.165) is 28.3 Å². The van der Waals surface area contributed by atoms with Gasteiger partial charge in [-0.05, 0) is 38.1 Å². The molecule has 1 saturated heterocycles. The second-order valence-corrected chi connectivity index (χ2v) is 8.35.